The van der Waals surface area contributed by atoms with Crippen molar-refractivity contribution in [2.24, 2.45) is 5.92 Å². The molecule has 2 aliphatic rings. The summed E-state index contributed by atoms with van der Waals surface area (Å²) >= 11 is 0. The van der Waals surface area contributed by atoms with Gasteiger partial charge in [0.2, 0.25) is 0 Å². The lowest BCUT2D eigenvalue weighted by atomic mass is 9.92. The maximum Gasteiger partial charge on any atom is 0.163 e. The molecule has 0 amide bonds. The van der Waals surface area contributed by atoms with Crippen molar-refractivity contribution in [1.82, 2.24) is 0 Å². The van der Waals surface area contributed by atoms with Gasteiger partial charge in [0.1, 0.15) is 11.0 Å². The predicted molar refractivity (Wildman–Crippen MR) is 118 cm³/mol. The third-order valence-corrected chi connectivity index (χ3v) is 8.11. The average Bonchev–Trinajstić information content (AvgIpc) is 3.22. The number of benzene rings is 2. The minimum Gasteiger partial charge on any atom is -0.507 e. The van der Waals surface area contributed by atoms with Crippen LogP contribution in [-0.4, -0.2) is 37.2 Å². The summed E-state index contributed by atoms with van der Waals surface area (Å²) in [4.78, 5) is 0. The molecule has 0 spiro atoms. The lowest BCUT2D eigenvalue weighted by Gasteiger charge is -2.16. The maximum atomic E-state index is 12.5. The van der Waals surface area contributed by atoms with E-state index in [9.17, 15) is 13.5 Å². The molecule has 1 saturated heterocycles. The van der Waals surface area contributed by atoms with Crippen LogP contribution in [0.1, 0.15) is 39.2 Å². The van der Waals surface area contributed by atoms with Gasteiger partial charge in [-0.3, -0.25) is 0 Å². The second kappa shape index (κ2) is 7.62. The fourth-order valence-corrected chi connectivity index (χ4v) is 6.68. The molecule has 2 atom stereocenters. The van der Waals surface area contributed by atoms with Crippen LogP contribution in [0.4, 0.5) is 0 Å². The van der Waals surface area contributed by atoms with Crippen LogP contribution >= 0.6 is 0 Å². The van der Waals surface area contributed by atoms with Crippen molar-refractivity contribution in [3.05, 3.63) is 58.7 Å². The maximum absolute atomic E-state index is 12.5. The molecule has 154 valence electrons. The second-order valence-electron chi connectivity index (χ2n) is 8.50. The first-order valence-electron chi connectivity index (χ1n) is 10.2. The third kappa shape index (κ3) is 3.74. The quantitative estimate of drug-likeness (QED) is 0.711. The first kappa shape index (κ1) is 20.2. The molecular weight excluding hydrogens is 384 g/mol. The van der Waals surface area contributed by atoms with E-state index in [0.29, 0.717) is 6.61 Å². The Labute approximate surface area is 172 Å². The number of hydrogen-bond donors (Lipinski definition) is 1. The van der Waals surface area contributed by atoms with Crippen molar-refractivity contribution in [2.75, 3.05) is 12.4 Å². The zero-order chi connectivity index (χ0) is 20.8. The fraction of sp³-hybridized carbons (Fsp3) is 0.417. The highest BCUT2D eigenvalue weighted by Gasteiger charge is 2.47. The molecule has 1 fully saturated rings. The highest BCUT2D eigenvalue weighted by atomic mass is 32.2. The number of sulfone groups is 1. The van der Waals surface area contributed by atoms with Gasteiger partial charge >= 0.3 is 0 Å². The molecule has 2 aromatic rings. The van der Waals surface area contributed by atoms with Gasteiger partial charge in [-0.05, 0) is 53.8 Å². The Kier molecular flexibility index (Phi) is 5.30. The van der Waals surface area contributed by atoms with Crippen LogP contribution in [0.3, 0.4) is 0 Å². The molecule has 29 heavy (non-hydrogen) atoms. The monoisotopic (exact) mass is 412 g/mol. The Bertz CT molecular complexity index is 1110. The summed E-state index contributed by atoms with van der Waals surface area (Å²) < 4.78 is 30.9. The SMILES string of the molecule is C/C(=C\c1ccc(O)c2ccccc12)CC[C@H]1OC[C@H]2C1=C(C(C)C)CS2(=O)=O. The molecule has 0 aliphatic carbocycles. The number of ether oxygens (including phenoxy) is 1. The number of rotatable bonds is 5. The van der Waals surface area contributed by atoms with Gasteiger partial charge in [0.15, 0.2) is 9.84 Å². The zero-order valence-corrected chi connectivity index (χ0v) is 18.0. The summed E-state index contributed by atoms with van der Waals surface area (Å²) in [5, 5.41) is 11.5. The lowest BCUT2D eigenvalue weighted by Crippen LogP contribution is -2.19. The van der Waals surface area contributed by atoms with E-state index in [4.69, 9.17) is 4.74 Å². The molecule has 4 nitrogen and oxygen atoms in total. The Morgan fingerprint density at radius 3 is 2.66 bits per heavy atom. The van der Waals surface area contributed by atoms with E-state index in [2.05, 4.69) is 26.8 Å². The van der Waals surface area contributed by atoms with Gasteiger partial charge in [-0.15, -0.1) is 0 Å². The van der Waals surface area contributed by atoms with Crippen LogP contribution in [0.15, 0.2) is 53.1 Å². The Hall–Kier alpha value is -2.11. The molecule has 5 heteroatoms. The van der Waals surface area contributed by atoms with Crippen molar-refractivity contribution in [3.63, 3.8) is 0 Å². The van der Waals surface area contributed by atoms with Crippen molar-refractivity contribution >= 4 is 26.7 Å². The molecule has 0 bridgehead atoms. The molecule has 0 radical (unpaired) electrons. The molecular formula is C24H28O4S. The van der Waals surface area contributed by atoms with E-state index in [1.54, 1.807) is 6.07 Å². The smallest absolute Gasteiger partial charge is 0.163 e. The number of hydrogen-bond acceptors (Lipinski definition) is 4. The van der Waals surface area contributed by atoms with E-state index in [1.807, 2.05) is 30.3 Å². The summed E-state index contributed by atoms with van der Waals surface area (Å²) in [7, 11) is -3.10. The van der Waals surface area contributed by atoms with Gasteiger partial charge in [0.05, 0.1) is 18.5 Å². The van der Waals surface area contributed by atoms with Gasteiger partial charge in [0.25, 0.3) is 0 Å². The van der Waals surface area contributed by atoms with Crippen molar-refractivity contribution in [1.29, 1.82) is 0 Å². The van der Waals surface area contributed by atoms with E-state index in [-0.39, 0.29) is 23.5 Å². The molecule has 0 aromatic heterocycles. The van der Waals surface area contributed by atoms with Gasteiger partial charge in [-0.1, -0.05) is 55.8 Å². The van der Waals surface area contributed by atoms with Crippen LogP contribution in [0, 0.1) is 5.92 Å². The highest BCUT2D eigenvalue weighted by Crippen LogP contribution is 2.41. The predicted octanol–water partition coefficient (Wildman–Crippen LogP) is 4.88. The van der Waals surface area contributed by atoms with E-state index in [0.717, 1.165) is 40.3 Å². The summed E-state index contributed by atoms with van der Waals surface area (Å²) in [6, 6.07) is 11.5. The van der Waals surface area contributed by atoms with Gasteiger partial charge < -0.3 is 9.84 Å². The van der Waals surface area contributed by atoms with Crippen molar-refractivity contribution in [2.45, 2.75) is 45.0 Å². The van der Waals surface area contributed by atoms with Gasteiger partial charge in [-0.2, -0.15) is 0 Å². The Morgan fingerprint density at radius 1 is 1.21 bits per heavy atom. The largest absolute Gasteiger partial charge is 0.507 e. The minimum atomic E-state index is -3.10. The van der Waals surface area contributed by atoms with Crippen molar-refractivity contribution in [3.8, 4) is 5.75 Å². The topological polar surface area (TPSA) is 63.6 Å². The van der Waals surface area contributed by atoms with Crippen LogP contribution in [0.5, 0.6) is 5.75 Å². The first-order chi connectivity index (χ1) is 13.8. The normalized spacial score (nSPS) is 23.9. The van der Waals surface area contributed by atoms with Crippen LogP contribution in [-0.2, 0) is 14.6 Å². The van der Waals surface area contributed by atoms with Crippen LogP contribution in [0.2, 0.25) is 0 Å². The van der Waals surface area contributed by atoms with Crippen LogP contribution in [0.25, 0.3) is 16.8 Å². The standard InChI is InChI=1S/C24H28O4S/c1-15(2)20-14-29(26,27)23-13-28-22(24(20)23)11-8-16(3)12-17-9-10-21(25)19-7-5-4-6-18(17)19/h4-7,9-10,12,15,22-23,25H,8,11,13-14H2,1-3H3/b16-12+/t22-,23+/m1/s1. The molecule has 4 rings (SSSR count). The highest BCUT2D eigenvalue weighted by molar-refractivity contribution is 7.92. The summed E-state index contributed by atoms with van der Waals surface area (Å²) in [6.45, 7) is 6.52. The average molecular weight is 413 g/mol. The van der Waals surface area contributed by atoms with Crippen LogP contribution < -0.4 is 0 Å². The number of aromatic hydroxyl groups is 1. The molecule has 2 aliphatic heterocycles. The molecule has 0 unspecified atom stereocenters. The lowest BCUT2D eigenvalue weighted by molar-refractivity contribution is 0.117. The minimum absolute atomic E-state index is 0.102. The first-order valence-corrected chi connectivity index (χ1v) is 11.9. The molecule has 1 N–H and O–H groups in total. The molecule has 2 aromatic carbocycles. The molecule has 0 saturated carbocycles. The van der Waals surface area contributed by atoms with E-state index < -0.39 is 15.1 Å². The second-order valence-corrected chi connectivity index (χ2v) is 10.7. The summed E-state index contributed by atoms with van der Waals surface area (Å²) in [5.74, 6) is 0.712. The Balaban J connectivity index is 1.54. The van der Waals surface area contributed by atoms with Gasteiger partial charge in [0, 0.05) is 5.39 Å². The third-order valence-electron chi connectivity index (χ3n) is 6.14. The number of phenolic OH excluding ortho intramolecular Hbond substituents is 1. The fourth-order valence-electron chi connectivity index (χ4n) is 4.57. The number of phenols is 1. The van der Waals surface area contributed by atoms with Crippen molar-refractivity contribution < 1.29 is 18.3 Å². The molecule has 2 heterocycles. The van der Waals surface area contributed by atoms with E-state index in [1.165, 1.54) is 5.57 Å². The zero-order valence-electron chi connectivity index (χ0n) is 17.2. The number of allylic oxidation sites excluding steroid dienone is 1. The number of fused-ring (bicyclic) bond motifs is 2. The Morgan fingerprint density at radius 2 is 1.93 bits per heavy atom. The van der Waals surface area contributed by atoms with E-state index >= 15 is 0 Å². The summed E-state index contributed by atoms with van der Waals surface area (Å²) in [5.41, 5.74) is 4.37. The summed E-state index contributed by atoms with van der Waals surface area (Å²) in [6.07, 6.45) is 3.67. The van der Waals surface area contributed by atoms with Gasteiger partial charge in [-0.25, -0.2) is 8.42 Å².